The van der Waals surface area contributed by atoms with Crippen molar-refractivity contribution < 1.29 is 0 Å². The molecule has 80 heavy (non-hydrogen) atoms. The first kappa shape index (κ1) is 89.4. The topological polar surface area (TPSA) is 168 Å². The zero-order valence-corrected chi connectivity index (χ0v) is 56.8. The van der Waals surface area contributed by atoms with Crippen LogP contribution in [0.4, 0.5) is 0 Å². The molecule has 0 bridgehead atoms. The van der Waals surface area contributed by atoms with Crippen LogP contribution in [0.2, 0.25) is 0 Å². The maximum absolute atomic E-state index is 4.06. The zero-order chi connectivity index (χ0) is 63.9. The van der Waals surface area contributed by atoms with Gasteiger partial charge in [-0.05, 0) is 174 Å². The molecule has 0 saturated carbocycles. The normalized spacial score (nSPS) is 8.00. The Hall–Kier alpha value is -7.15. The number of pyridine rings is 3. The van der Waals surface area contributed by atoms with Crippen LogP contribution < -0.4 is 0 Å². The summed E-state index contributed by atoms with van der Waals surface area (Å²) < 4.78 is 0. The summed E-state index contributed by atoms with van der Waals surface area (Å²) in [4.78, 5) is 52.0. The highest BCUT2D eigenvalue weighted by atomic mass is 14.9. The van der Waals surface area contributed by atoms with Gasteiger partial charge in [0.15, 0.2) is 0 Å². The van der Waals surface area contributed by atoms with Crippen LogP contribution in [-0.2, 0) is 0 Å². The molecule has 448 valence electrons. The molecule has 8 heterocycles. The second-order valence-electron chi connectivity index (χ2n) is 14.9. The van der Waals surface area contributed by atoms with E-state index in [1.54, 1.807) is 31.0 Å². The molecule has 8 rings (SSSR count). The van der Waals surface area contributed by atoms with E-state index in [0.717, 1.165) is 68.5 Å². The lowest BCUT2D eigenvalue weighted by Gasteiger charge is -1.90. The van der Waals surface area contributed by atoms with Gasteiger partial charge in [0, 0.05) is 97.6 Å². The fourth-order valence-electron chi connectivity index (χ4n) is 4.48. The van der Waals surface area contributed by atoms with Crippen molar-refractivity contribution in [2.24, 2.45) is 0 Å². The van der Waals surface area contributed by atoms with E-state index in [1.807, 2.05) is 275 Å². The number of rotatable bonds is 0. The summed E-state index contributed by atoms with van der Waals surface area (Å²) in [6, 6.07) is 12.1. The van der Waals surface area contributed by atoms with Crippen LogP contribution in [0.3, 0.4) is 0 Å². The molecule has 0 unspecified atom stereocenters. The fraction of sp³-hybridized carbons (Fsp3) is 0.478. The van der Waals surface area contributed by atoms with E-state index < -0.39 is 0 Å². The van der Waals surface area contributed by atoms with E-state index in [-0.39, 0.29) is 0 Å². The Labute approximate surface area is 491 Å². The number of aryl methyl sites for hydroxylation is 16. The maximum atomic E-state index is 4.06. The highest BCUT2D eigenvalue weighted by molar-refractivity contribution is 5.15. The quantitative estimate of drug-likeness (QED) is 0.141. The molecule has 0 N–H and O–H groups in total. The molecule has 0 spiro atoms. The van der Waals surface area contributed by atoms with E-state index in [2.05, 4.69) is 96.8 Å². The maximum Gasteiger partial charge on any atom is 0.125 e. The minimum absolute atomic E-state index is 0.829. The van der Waals surface area contributed by atoms with Crippen LogP contribution in [0.25, 0.3) is 0 Å². The van der Waals surface area contributed by atoms with Crippen LogP contribution in [-0.4, -0.2) is 64.8 Å². The van der Waals surface area contributed by atoms with Crippen molar-refractivity contribution in [3.63, 3.8) is 0 Å². The van der Waals surface area contributed by atoms with Crippen molar-refractivity contribution in [1.82, 2.24) is 64.8 Å². The summed E-state index contributed by atoms with van der Waals surface area (Å²) in [5.41, 5.74) is 14.3. The van der Waals surface area contributed by atoms with Crippen molar-refractivity contribution in [1.29, 1.82) is 0 Å². The lowest BCUT2D eigenvalue weighted by molar-refractivity contribution is 1.01. The van der Waals surface area contributed by atoms with Gasteiger partial charge >= 0.3 is 0 Å². The summed E-state index contributed by atoms with van der Waals surface area (Å²) >= 11 is 0. The van der Waals surface area contributed by atoms with E-state index in [9.17, 15) is 0 Å². The van der Waals surface area contributed by atoms with Crippen LogP contribution in [0.5, 0.6) is 0 Å². The van der Waals surface area contributed by atoms with Gasteiger partial charge in [0.25, 0.3) is 0 Å². The van der Waals surface area contributed by atoms with Crippen LogP contribution in [0.1, 0.15) is 201 Å². The molecule has 8 aromatic heterocycles. The van der Waals surface area contributed by atoms with Crippen molar-refractivity contribution in [2.45, 2.75) is 222 Å². The minimum Gasteiger partial charge on any atom is -0.264 e. The second-order valence-corrected chi connectivity index (χ2v) is 14.9. The van der Waals surface area contributed by atoms with Crippen molar-refractivity contribution in [3.05, 3.63) is 208 Å². The van der Waals surface area contributed by atoms with Gasteiger partial charge in [-0.1, -0.05) is 117 Å². The molecule has 0 fully saturated rings. The summed E-state index contributed by atoms with van der Waals surface area (Å²) in [6.45, 7) is 63.4. The summed E-state index contributed by atoms with van der Waals surface area (Å²) in [5.74, 6) is 2.50. The third-order valence-electron chi connectivity index (χ3n) is 7.67. The van der Waals surface area contributed by atoms with Gasteiger partial charge < -0.3 is 0 Å². The van der Waals surface area contributed by atoms with Crippen LogP contribution in [0, 0.1) is 111 Å². The largest absolute Gasteiger partial charge is 0.264 e. The van der Waals surface area contributed by atoms with Gasteiger partial charge in [-0.25, -0.2) is 29.9 Å². The molecule has 0 aliphatic heterocycles. The van der Waals surface area contributed by atoms with Crippen molar-refractivity contribution in [3.8, 4) is 0 Å². The van der Waals surface area contributed by atoms with Crippen molar-refractivity contribution in [2.75, 3.05) is 0 Å². The standard InChI is InChI=1S/3C7H9N.5C6H8N2.8C2H6/c1-6-3-7(2)5-8-4-6;2*1-6-3-4-8-7(2)5-6;2*1-5-3-8-6(2)4-7-5;2*1-5-3-7-6(2)8-4-5;1-5-3-4-7-6(2)8-5;8*1-2/h3*3-5H,1-2H3;5*3-4H,1-2H3;8*1-2H3. The third kappa shape index (κ3) is 65.1. The van der Waals surface area contributed by atoms with Gasteiger partial charge in [-0.3, -0.25) is 34.9 Å². The predicted octanol–water partition coefficient (Wildman–Crippen LogP) is 18.8. The SMILES string of the molecule is CC.CC.CC.CC.CC.CC.CC.CC.Cc1ccnc(C)c1.Cc1ccnc(C)c1.Cc1ccnc(C)n1.Cc1cnc(C)cn1.Cc1cnc(C)cn1.Cc1cnc(C)nc1.Cc1cnc(C)nc1.Cc1cncc(C)c1. The van der Waals surface area contributed by atoms with Gasteiger partial charge in [0.1, 0.15) is 17.5 Å². The highest BCUT2D eigenvalue weighted by Crippen LogP contribution is 1.99. The van der Waals surface area contributed by atoms with Crippen LogP contribution in [0.15, 0.2) is 117 Å². The molecule has 13 heteroatoms. The van der Waals surface area contributed by atoms with Gasteiger partial charge in [-0.15, -0.1) is 0 Å². The van der Waals surface area contributed by atoms with E-state index in [4.69, 9.17) is 0 Å². The monoisotopic (exact) mass is 1100 g/mol. The average Bonchev–Trinajstić information content (AvgIpc) is 3.47. The molecular weight excluding hydrogens is 987 g/mol. The van der Waals surface area contributed by atoms with E-state index >= 15 is 0 Å². The fourth-order valence-corrected chi connectivity index (χ4v) is 4.48. The smallest absolute Gasteiger partial charge is 0.125 e. The molecule has 13 nitrogen and oxygen atoms in total. The predicted molar refractivity (Wildman–Crippen MR) is 349 cm³/mol. The Bertz CT molecular complexity index is 1940. The number of aromatic nitrogens is 13. The third-order valence-corrected chi connectivity index (χ3v) is 7.67. The Balaban J connectivity index is -0.000000119. The van der Waals surface area contributed by atoms with Crippen molar-refractivity contribution >= 4 is 0 Å². The first-order valence-electron chi connectivity index (χ1n) is 28.7. The number of nitrogens with zero attached hydrogens (tertiary/aromatic N) is 13. The minimum atomic E-state index is 0.829. The summed E-state index contributed by atoms with van der Waals surface area (Å²) in [6.07, 6.45) is 23.4. The molecule has 0 atom stereocenters. The first-order chi connectivity index (χ1) is 38.3. The molecule has 0 aliphatic rings. The number of hydrogen-bond donors (Lipinski definition) is 0. The van der Waals surface area contributed by atoms with E-state index in [1.165, 1.54) is 22.3 Å². The Kier molecular flexibility index (Phi) is 76.0. The first-order valence-corrected chi connectivity index (χ1v) is 28.7. The Morgan fingerprint density at radius 2 is 0.475 bits per heavy atom. The molecule has 0 radical (unpaired) electrons. The molecule has 8 aromatic rings. The molecule has 0 aliphatic carbocycles. The van der Waals surface area contributed by atoms with Gasteiger partial charge in [0.2, 0.25) is 0 Å². The lowest BCUT2D eigenvalue weighted by Crippen LogP contribution is -1.86. The zero-order valence-electron chi connectivity index (χ0n) is 56.8. The van der Waals surface area contributed by atoms with Crippen LogP contribution >= 0.6 is 0 Å². The van der Waals surface area contributed by atoms with E-state index in [0.29, 0.717) is 0 Å². The summed E-state index contributed by atoms with van der Waals surface area (Å²) in [5, 5.41) is 0. The molecule has 0 aromatic carbocycles. The van der Waals surface area contributed by atoms with Gasteiger partial charge in [-0.2, -0.15) is 0 Å². The molecule has 0 saturated heterocycles. The second kappa shape index (κ2) is 68.0. The Morgan fingerprint density at radius 1 is 0.200 bits per heavy atom. The average molecular weight is 1100 g/mol. The lowest BCUT2D eigenvalue weighted by atomic mass is 10.2. The Morgan fingerprint density at radius 3 is 0.637 bits per heavy atom. The van der Waals surface area contributed by atoms with Gasteiger partial charge in [0.05, 0.1) is 22.8 Å². The molecule has 0 amide bonds. The summed E-state index contributed by atoms with van der Waals surface area (Å²) in [7, 11) is 0. The molecular formula is C67H115N13. The number of hydrogen-bond acceptors (Lipinski definition) is 13. The highest BCUT2D eigenvalue weighted by Gasteiger charge is 1.87.